The standard InChI is InChI=1S/C29H30N2O2S2/c1-5-33-21-15-16-23-25(17-21)35-27(30-23)34-18-26(32)31-24-14-10-9-13-22(24)29(4,19-28(31,2)3)20-11-7-6-8-12-20/h6-17H,5,18-19H2,1-4H3/t29-/m0/s1. The largest absolute Gasteiger partial charge is 0.494 e. The van der Waals surface area contributed by atoms with Gasteiger partial charge < -0.3 is 9.64 Å². The molecule has 4 nitrogen and oxygen atoms in total. The fourth-order valence-corrected chi connectivity index (χ4v) is 7.37. The molecule has 6 heteroatoms. The first kappa shape index (κ1) is 23.9. The molecule has 0 aliphatic carbocycles. The van der Waals surface area contributed by atoms with Crippen LogP contribution in [0.15, 0.2) is 77.1 Å². The highest BCUT2D eigenvalue weighted by Gasteiger charge is 2.47. The van der Waals surface area contributed by atoms with Crippen LogP contribution in [-0.4, -0.2) is 28.8 Å². The molecule has 0 bridgehead atoms. The second kappa shape index (κ2) is 9.32. The normalized spacial score (nSPS) is 18.9. The highest BCUT2D eigenvalue weighted by Crippen LogP contribution is 2.50. The maximum Gasteiger partial charge on any atom is 0.237 e. The van der Waals surface area contributed by atoms with Gasteiger partial charge in [-0.15, -0.1) is 11.3 Å². The minimum Gasteiger partial charge on any atom is -0.494 e. The number of rotatable bonds is 6. The number of thiazole rings is 1. The zero-order valence-electron chi connectivity index (χ0n) is 20.6. The highest BCUT2D eigenvalue weighted by atomic mass is 32.2. The molecular weight excluding hydrogens is 472 g/mol. The Bertz CT molecular complexity index is 1370. The summed E-state index contributed by atoms with van der Waals surface area (Å²) in [6.45, 7) is 9.28. The van der Waals surface area contributed by atoms with Gasteiger partial charge in [0, 0.05) is 16.6 Å². The number of hydrogen-bond donors (Lipinski definition) is 0. The highest BCUT2D eigenvalue weighted by molar-refractivity contribution is 8.01. The number of amides is 1. The maximum absolute atomic E-state index is 13.7. The lowest BCUT2D eigenvalue weighted by Crippen LogP contribution is -2.56. The summed E-state index contributed by atoms with van der Waals surface area (Å²) in [6, 6.07) is 25.0. The molecule has 0 saturated carbocycles. The van der Waals surface area contributed by atoms with Gasteiger partial charge in [-0.3, -0.25) is 4.79 Å². The van der Waals surface area contributed by atoms with Gasteiger partial charge in [-0.05, 0) is 62.6 Å². The van der Waals surface area contributed by atoms with Crippen LogP contribution in [0.2, 0.25) is 0 Å². The molecule has 0 fully saturated rings. The first-order valence-electron chi connectivity index (χ1n) is 12.0. The van der Waals surface area contributed by atoms with Crippen molar-refractivity contribution >= 4 is 44.9 Å². The van der Waals surface area contributed by atoms with Crippen molar-refractivity contribution in [1.82, 2.24) is 4.98 Å². The number of fused-ring (bicyclic) bond motifs is 2. The van der Waals surface area contributed by atoms with Crippen molar-refractivity contribution < 1.29 is 9.53 Å². The number of para-hydroxylation sites is 1. The molecule has 1 amide bonds. The van der Waals surface area contributed by atoms with Crippen molar-refractivity contribution in [3.05, 3.63) is 83.9 Å². The summed E-state index contributed by atoms with van der Waals surface area (Å²) in [4.78, 5) is 20.5. The van der Waals surface area contributed by atoms with E-state index in [4.69, 9.17) is 9.72 Å². The van der Waals surface area contributed by atoms with Gasteiger partial charge in [0.1, 0.15) is 5.75 Å². The number of ether oxygens (including phenoxy) is 1. The number of aromatic nitrogens is 1. The summed E-state index contributed by atoms with van der Waals surface area (Å²) < 4.78 is 7.60. The fraction of sp³-hybridized carbons (Fsp3) is 0.310. The summed E-state index contributed by atoms with van der Waals surface area (Å²) >= 11 is 3.12. The third-order valence-corrected chi connectivity index (χ3v) is 8.91. The third-order valence-electron chi connectivity index (χ3n) is 6.76. The molecule has 0 saturated heterocycles. The van der Waals surface area contributed by atoms with Gasteiger partial charge in [0.2, 0.25) is 5.91 Å². The summed E-state index contributed by atoms with van der Waals surface area (Å²) in [5, 5.41) is 0. The average molecular weight is 503 g/mol. The third kappa shape index (κ3) is 4.45. The zero-order valence-corrected chi connectivity index (χ0v) is 22.2. The Morgan fingerprint density at radius 1 is 1.06 bits per heavy atom. The van der Waals surface area contributed by atoms with E-state index in [0.29, 0.717) is 12.4 Å². The van der Waals surface area contributed by atoms with Crippen LogP contribution in [0.25, 0.3) is 10.2 Å². The Balaban J connectivity index is 1.42. The van der Waals surface area contributed by atoms with E-state index in [2.05, 4.69) is 69.3 Å². The van der Waals surface area contributed by atoms with Gasteiger partial charge in [-0.25, -0.2) is 4.98 Å². The molecule has 5 rings (SSSR count). The van der Waals surface area contributed by atoms with Gasteiger partial charge in [0.05, 0.1) is 22.6 Å². The number of benzene rings is 3. The van der Waals surface area contributed by atoms with Crippen LogP contribution in [0.3, 0.4) is 0 Å². The molecular formula is C29H30N2O2S2. The van der Waals surface area contributed by atoms with Crippen molar-refractivity contribution in [3.8, 4) is 5.75 Å². The molecule has 0 unspecified atom stereocenters. The van der Waals surface area contributed by atoms with Crippen LogP contribution in [-0.2, 0) is 10.2 Å². The summed E-state index contributed by atoms with van der Waals surface area (Å²) in [5.41, 5.74) is 3.92. The maximum atomic E-state index is 13.7. The molecule has 0 N–H and O–H groups in total. The quantitative estimate of drug-likeness (QED) is 0.259. The zero-order chi connectivity index (χ0) is 24.6. The average Bonchev–Trinajstić information content (AvgIpc) is 3.25. The van der Waals surface area contributed by atoms with Crippen LogP contribution >= 0.6 is 23.1 Å². The number of anilines is 1. The first-order chi connectivity index (χ1) is 16.8. The van der Waals surface area contributed by atoms with Gasteiger partial charge in [-0.2, -0.15) is 0 Å². The number of carbonyl (C=O) groups is 1. The smallest absolute Gasteiger partial charge is 0.237 e. The van der Waals surface area contributed by atoms with Crippen LogP contribution in [0, 0.1) is 0 Å². The van der Waals surface area contributed by atoms with Crippen molar-refractivity contribution in [1.29, 1.82) is 0 Å². The topological polar surface area (TPSA) is 42.4 Å². The van der Waals surface area contributed by atoms with E-state index in [1.807, 2.05) is 36.1 Å². The van der Waals surface area contributed by atoms with Crippen molar-refractivity contribution in [2.75, 3.05) is 17.3 Å². The van der Waals surface area contributed by atoms with E-state index in [1.54, 1.807) is 11.3 Å². The Kier molecular flexibility index (Phi) is 6.36. The monoisotopic (exact) mass is 502 g/mol. The molecule has 1 aliphatic rings. The van der Waals surface area contributed by atoms with Crippen molar-refractivity contribution in [2.45, 2.75) is 49.4 Å². The lowest BCUT2D eigenvalue weighted by molar-refractivity contribution is -0.117. The molecule has 1 atom stereocenters. The number of nitrogens with zero attached hydrogens (tertiary/aromatic N) is 2. The van der Waals surface area contributed by atoms with Crippen LogP contribution in [0.5, 0.6) is 5.75 Å². The van der Waals surface area contributed by atoms with Crippen LogP contribution in [0.1, 0.15) is 45.2 Å². The van der Waals surface area contributed by atoms with Crippen molar-refractivity contribution in [3.63, 3.8) is 0 Å². The van der Waals surface area contributed by atoms with E-state index in [-0.39, 0.29) is 16.9 Å². The lowest BCUT2D eigenvalue weighted by Gasteiger charge is -2.51. The van der Waals surface area contributed by atoms with Crippen molar-refractivity contribution in [2.24, 2.45) is 0 Å². The molecule has 0 spiro atoms. The summed E-state index contributed by atoms with van der Waals surface area (Å²) in [5.74, 6) is 1.30. The number of hydrogen-bond acceptors (Lipinski definition) is 5. The van der Waals surface area contributed by atoms with Crippen LogP contribution < -0.4 is 9.64 Å². The van der Waals surface area contributed by atoms with E-state index in [9.17, 15) is 4.79 Å². The second-order valence-electron chi connectivity index (χ2n) is 9.76. The first-order valence-corrected chi connectivity index (χ1v) is 13.8. The molecule has 3 aromatic carbocycles. The summed E-state index contributed by atoms with van der Waals surface area (Å²) in [7, 11) is 0. The Hall–Kier alpha value is -2.83. The van der Waals surface area contributed by atoms with Gasteiger partial charge in [0.15, 0.2) is 4.34 Å². The van der Waals surface area contributed by atoms with Gasteiger partial charge in [0.25, 0.3) is 0 Å². The molecule has 1 aromatic heterocycles. The lowest BCUT2D eigenvalue weighted by atomic mass is 9.65. The predicted octanol–water partition coefficient (Wildman–Crippen LogP) is 7.31. The van der Waals surface area contributed by atoms with Crippen LogP contribution in [0.4, 0.5) is 5.69 Å². The Labute approximate surface area is 215 Å². The van der Waals surface area contributed by atoms with Gasteiger partial charge >= 0.3 is 0 Å². The molecule has 180 valence electrons. The SMILES string of the molecule is CCOc1ccc2nc(SCC(=O)N3c4ccccc4[C@](C)(c4ccccc4)CC3(C)C)sc2c1. The minimum absolute atomic E-state index is 0.108. The van der Waals surface area contributed by atoms with Gasteiger partial charge in [-0.1, -0.05) is 67.2 Å². The minimum atomic E-state index is -0.337. The molecule has 4 aromatic rings. The molecule has 0 radical (unpaired) electrons. The Morgan fingerprint density at radius 2 is 1.80 bits per heavy atom. The fourth-order valence-electron chi connectivity index (χ4n) is 5.43. The van der Waals surface area contributed by atoms with E-state index < -0.39 is 0 Å². The van der Waals surface area contributed by atoms with E-state index >= 15 is 0 Å². The van der Waals surface area contributed by atoms with E-state index in [0.717, 1.165) is 32.4 Å². The molecule has 2 heterocycles. The second-order valence-corrected chi connectivity index (χ2v) is 12.0. The van der Waals surface area contributed by atoms with E-state index in [1.165, 1.54) is 22.9 Å². The molecule has 1 aliphatic heterocycles. The predicted molar refractivity (Wildman–Crippen MR) is 147 cm³/mol. The number of carbonyl (C=O) groups excluding carboxylic acids is 1. The number of thioether (sulfide) groups is 1. The molecule has 35 heavy (non-hydrogen) atoms. The summed E-state index contributed by atoms with van der Waals surface area (Å²) in [6.07, 6.45) is 0.846. The Morgan fingerprint density at radius 3 is 2.57 bits per heavy atom.